The summed E-state index contributed by atoms with van der Waals surface area (Å²) in [6.07, 6.45) is -0.629. The van der Waals surface area contributed by atoms with Crippen LogP contribution in [0.1, 0.15) is 43.0 Å². The van der Waals surface area contributed by atoms with Crippen molar-refractivity contribution in [2.75, 3.05) is 0 Å². The highest BCUT2D eigenvalue weighted by Crippen LogP contribution is 2.08. The molecule has 0 aromatic heterocycles. The first-order valence-corrected chi connectivity index (χ1v) is 9.73. The number of hydrogen-bond acceptors (Lipinski definition) is 5. The van der Waals surface area contributed by atoms with Crippen molar-refractivity contribution in [2.45, 2.75) is 38.2 Å². The van der Waals surface area contributed by atoms with Gasteiger partial charge in [-0.3, -0.25) is 10.7 Å². The van der Waals surface area contributed by atoms with Gasteiger partial charge in [-0.15, -0.1) is 0 Å². The standard InChI is InChI=1S/C13H19N3O2.C8H6BrN/c1-13(2,3)18-12(17)16-11(15)10-6-4-9(8-14)5-7-10;9-5-7-1-3-8(6-10)4-2-7/h4-7H,8,14H2,1-3H3,(H2,15,16,17);1-4H,5H2. The fourth-order valence-electron chi connectivity index (χ4n) is 1.95. The van der Waals surface area contributed by atoms with Crippen molar-refractivity contribution in [1.29, 1.82) is 10.7 Å². The van der Waals surface area contributed by atoms with Crippen LogP contribution in [-0.2, 0) is 16.6 Å². The number of hydrogen-bond donors (Lipinski definition) is 3. The second-order valence-corrected chi connectivity index (χ2v) is 7.41. The molecule has 4 N–H and O–H groups in total. The number of amidine groups is 1. The van der Waals surface area contributed by atoms with E-state index in [4.69, 9.17) is 21.1 Å². The highest BCUT2D eigenvalue weighted by Gasteiger charge is 2.17. The lowest BCUT2D eigenvalue weighted by atomic mass is 10.1. The number of nitrogens with zero attached hydrogens (tertiary/aromatic N) is 1. The molecule has 1 amide bonds. The molecule has 0 saturated carbocycles. The van der Waals surface area contributed by atoms with Gasteiger partial charge in [0, 0.05) is 17.4 Å². The lowest BCUT2D eigenvalue weighted by molar-refractivity contribution is 0.0563. The van der Waals surface area contributed by atoms with E-state index >= 15 is 0 Å². The molecule has 0 aliphatic carbocycles. The maximum atomic E-state index is 11.5. The number of amides is 1. The molecule has 0 unspecified atom stereocenters. The van der Waals surface area contributed by atoms with Gasteiger partial charge in [0.2, 0.25) is 0 Å². The molecule has 2 aromatic rings. The molecule has 28 heavy (non-hydrogen) atoms. The Balaban J connectivity index is 0.000000330. The zero-order chi connectivity index (χ0) is 21.2. The van der Waals surface area contributed by atoms with Crippen molar-refractivity contribution in [3.05, 3.63) is 70.8 Å². The number of nitrogens with one attached hydrogen (secondary N) is 2. The van der Waals surface area contributed by atoms with Crippen molar-refractivity contribution in [3.63, 3.8) is 0 Å². The van der Waals surface area contributed by atoms with Gasteiger partial charge in [0.15, 0.2) is 0 Å². The lowest BCUT2D eigenvalue weighted by Gasteiger charge is -2.19. The minimum Gasteiger partial charge on any atom is -0.444 e. The molecule has 0 atom stereocenters. The summed E-state index contributed by atoms with van der Waals surface area (Å²) in [5.41, 5.74) is 8.40. The van der Waals surface area contributed by atoms with E-state index in [1.165, 1.54) is 5.56 Å². The number of carbonyl (C=O) groups is 1. The number of halogens is 1. The van der Waals surface area contributed by atoms with Crippen LogP contribution in [0.25, 0.3) is 0 Å². The third kappa shape index (κ3) is 8.80. The fraction of sp³-hybridized carbons (Fsp3) is 0.286. The van der Waals surface area contributed by atoms with Gasteiger partial charge in [-0.05, 0) is 44.0 Å². The Morgan fingerprint density at radius 1 is 1.14 bits per heavy atom. The second kappa shape index (κ2) is 11.2. The molecular weight excluding hydrogens is 420 g/mol. The maximum absolute atomic E-state index is 11.5. The molecule has 0 fully saturated rings. The Bertz CT molecular complexity index is 819. The van der Waals surface area contributed by atoms with Crippen LogP contribution in [0.4, 0.5) is 4.79 Å². The number of benzene rings is 2. The number of alkyl carbamates (subject to hydrolysis) is 1. The molecule has 0 spiro atoms. The Morgan fingerprint density at radius 3 is 2.11 bits per heavy atom. The van der Waals surface area contributed by atoms with Crippen LogP contribution in [0.3, 0.4) is 0 Å². The Hall–Kier alpha value is -2.69. The van der Waals surface area contributed by atoms with Gasteiger partial charge < -0.3 is 10.5 Å². The highest BCUT2D eigenvalue weighted by atomic mass is 79.9. The summed E-state index contributed by atoms with van der Waals surface area (Å²) in [7, 11) is 0. The molecule has 0 radical (unpaired) electrons. The van der Waals surface area contributed by atoms with Gasteiger partial charge >= 0.3 is 6.09 Å². The second-order valence-electron chi connectivity index (χ2n) is 6.85. The van der Waals surface area contributed by atoms with Crippen LogP contribution in [0, 0.1) is 16.7 Å². The van der Waals surface area contributed by atoms with E-state index in [9.17, 15) is 4.79 Å². The molecule has 0 heterocycles. The molecule has 0 saturated heterocycles. The monoisotopic (exact) mass is 444 g/mol. The number of nitriles is 1. The van der Waals surface area contributed by atoms with Crippen LogP contribution < -0.4 is 11.1 Å². The molecule has 2 aromatic carbocycles. The van der Waals surface area contributed by atoms with E-state index in [1.807, 2.05) is 36.4 Å². The quantitative estimate of drug-likeness (QED) is 0.368. The molecule has 0 bridgehead atoms. The lowest BCUT2D eigenvalue weighted by Crippen LogP contribution is -2.36. The smallest absolute Gasteiger partial charge is 0.413 e. The number of nitrogens with two attached hydrogens (primary N) is 1. The van der Waals surface area contributed by atoms with E-state index in [0.717, 1.165) is 10.9 Å². The Labute approximate surface area is 174 Å². The van der Waals surface area contributed by atoms with Crippen LogP contribution >= 0.6 is 15.9 Å². The molecule has 148 valence electrons. The van der Waals surface area contributed by atoms with Crippen molar-refractivity contribution in [3.8, 4) is 6.07 Å². The van der Waals surface area contributed by atoms with E-state index in [-0.39, 0.29) is 5.84 Å². The van der Waals surface area contributed by atoms with E-state index < -0.39 is 11.7 Å². The zero-order valence-electron chi connectivity index (χ0n) is 16.3. The predicted molar refractivity (Wildman–Crippen MR) is 114 cm³/mol. The molecule has 0 aliphatic heterocycles. The highest BCUT2D eigenvalue weighted by molar-refractivity contribution is 9.08. The summed E-state index contributed by atoms with van der Waals surface area (Å²) in [6.45, 7) is 5.76. The SMILES string of the molecule is CC(C)(C)OC(=O)NC(=N)c1ccc(CN)cc1.N#Cc1ccc(CBr)cc1. The first-order valence-electron chi connectivity index (χ1n) is 8.61. The minimum atomic E-state index is -0.629. The molecule has 7 heteroatoms. The fourth-order valence-corrected chi connectivity index (χ4v) is 2.33. The van der Waals surface area contributed by atoms with Crippen LogP contribution in [-0.4, -0.2) is 17.5 Å². The Morgan fingerprint density at radius 2 is 1.68 bits per heavy atom. The molecular formula is C21H25BrN4O2. The van der Waals surface area contributed by atoms with Gasteiger partial charge in [-0.2, -0.15) is 5.26 Å². The topological polar surface area (TPSA) is 112 Å². The van der Waals surface area contributed by atoms with Gasteiger partial charge in [0.25, 0.3) is 0 Å². The number of carbonyl (C=O) groups excluding carboxylic acids is 1. The predicted octanol–water partition coefficient (Wildman–Crippen LogP) is 4.45. The summed E-state index contributed by atoms with van der Waals surface area (Å²) in [6, 6.07) is 16.7. The largest absolute Gasteiger partial charge is 0.444 e. The van der Waals surface area contributed by atoms with Gasteiger partial charge in [-0.25, -0.2) is 4.79 Å². The van der Waals surface area contributed by atoms with E-state index in [1.54, 1.807) is 32.9 Å². The van der Waals surface area contributed by atoms with Crippen LogP contribution in [0.15, 0.2) is 48.5 Å². The molecule has 0 aliphatic rings. The van der Waals surface area contributed by atoms with Crippen LogP contribution in [0.5, 0.6) is 0 Å². The third-order valence-corrected chi connectivity index (χ3v) is 3.99. The maximum Gasteiger partial charge on any atom is 0.413 e. The average molecular weight is 445 g/mol. The summed E-state index contributed by atoms with van der Waals surface area (Å²) in [5, 5.41) is 19.4. The van der Waals surface area contributed by atoms with E-state index in [0.29, 0.717) is 17.7 Å². The van der Waals surface area contributed by atoms with Crippen LogP contribution in [0.2, 0.25) is 0 Å². The molecule has 2 rings (SSSR count). The first-order chi connectivity index (χ1) is 13.2. The van der Waals surface area contributed by atoms with Gasteiger partial charge in [0.05, 0.1) is 11.6 Å². The molecule has 6 nitrogen and oxygen atoms in total. The Kier molecular flexibility index (Phi) is 9.36. The first kappa shape index (κ1) is 23.3. The van der Waals surface area contributed by atoms with E-state index in [2.05, 4.69) is 27.3 Å². The summed E-state index contributed by atoms with van der Waals surface area (Å²) in [5.74, 6) is 0.00724. The number of rotatable bonds is 3. The number of alkyl halides is 1. The van der Waals surface area contributed by atoms with Crippen molar-refractivity contribution in [2.24, 2.45) is 5.73 Å². The van der Waals surface area contributed by atoms with Crippen molar-refractivity contribution >= 4 is 27.9 Å². The van der Waals surface area contributed by atoms with Crippen molar-refractivity contribution < 1.29 is 9.53 Å². The number of ether oxygens (including phenoxy) is 1. The summed E-state index contributed by atoms with van der Waals surface area (Å²) >= 11 is 3.32. The minimum absolute atomic E-state index is 0.00724. The van der Waals surface area contributed by atoms with Gasteiger partial charge in [-0.1, -0.05) is 52.3 Å². The van der Waals surface area contributed by atoms with Crippen molar-refractivity contribution in [1.82, 2.24) is 5.32 Å². The van der Waals surface area contributed by atoms with Gasteiger partial charge in [0.1, 0.15) is 11.4 Å². The summed E-state index contributed by atoms with van der Waals surface area (Å²) in [4.78, 5) is 11.5. The third-order valence-electron chi connectivity index (χ3n) is 3.34. The summed E-state index contributed by atoms with van der Waals surface area (Å²) < 4.78 is 5.06. The average Bonchev–Trinajstić information content (AvgIpc) is 2.67. The normalized spacial score (nSPS) is 10.1. The zero-order valence-corrected chi connectivity index (χ0v) is 17.8.